The Morgan fingerprint density at radius 2 is 1.69 bits per heavy atom. The molecule has 0 unspecified atom stereocenters. The first kappa shape index (κ1) is 15.3. The maximum atomic E-state index is 11.2. The molecule has 0 heterocycles. The summed E-state index contributed by atoms with van der Waals surface area (Å²) < 4.78 is 5.06. The highest BCUT2D eigenvalue weighted by molar-refractivity contribution is 5.66. The van der Waals surface area contributed by atoms with E-state index in [1.807, 2.05) is 0 Å². The smallest absolute Gasteiger partial charge is 0.407 e. The number of hydrogen-bond donors (Lipinski definition) is 1. The topological polar surface area (TPSA) is 38.3 Å². The second-order valence-corrected chi connectivity index (χ2v) is 5.13. The van der Waals surface area contributed by atoms with Crippen molar-refractivity contribution in [3.63, 3.8) is 0 Å². The van der Waals surface area contributed by atoms with Gasteiger partial charge in [0.25, 0.3) is 0 Å². The number of rotatable bonds is 8. The Kier molecular flexibility index (Phi) is 9.06. The van der Waals surface area contributed by atoms with Gasteiger partial charge in [0.2, 0.25) is 0 Å². The van der Waals surface area contributed by atoms with Crippen LogP contribution in [0.3, 0.4) is 0 Å². The third-order valence-corrected chi connectivity index (χ3v) is 2.40. The molecule has 0 atom stereocenters. The average molecular weight is 229 g/mol. The first-order valence-corrected chi connectivity index (χ1v) is 6.43. The monoisotopic (exact) mass is 229 g/mol. The van der Waals surface area contributed by atoms with Crippen LogP contribution in [-0.2, 0) is 4.74 Å². The van der Waals surface area contributed by atoms with Gasteiger partial charge >= 0.3 is 6.09 Å². The van der Waals surface area contributed by atoms with E-state index in [-0.39, 0.29) is 6.09 Å². The van der Waals surface area contributed by atoms with E-state index >= 15 is 0 Å². The van der Waals surface area contributed by atoms with Crippen LogP contribution >= 0.6 is 0 Å². The molecule has 0 aromatic rings. The zero-order valence-corrected chi connectivity index (χ0v) is 11.2. The van der Waals surface area contributed by atoms with Crippen LogP contribution in [0.4, 0.5) is 4.79 Å². The van der Waals surface area contributed by atoms with Crippen LogP contribution in [0.1, 0.15) is 53.4 Å². The highest BCUT2D eigenvalue weighted by Crippen LogP contribution is 2.05. The summed E-state index contributed by atoms with van der Waals surface area (Å²) in [6.07, 6.45) is 4.04. The average Bonchev–Trinajstić information content (AvgIpc) is 2.16. The Morgan fingerprint density at radius 1 is 1.06 bits per heavy atom. The fraction of sp³-hybridized carbons (Fsp3) is 0.923. The summed E-state index contributed by atoms with van der Waals surface area (Å²) in [4.78, 5) is 11.2. The maximum absolute atomic E-state index is 11.2. The van der Waals surface area contributed by atoms with Gasteiger partial charge in [-0.25, -0.2) is 4.79 Å². The number of unbranched alkanes of at least 4 members (excludes halogenated alkanes) is 1. The van der Waals surface area contributed by atoms with Gasteiger partial charge in [-0.05, 0) is 31.1 Å². The van der Waals surface area contributed by atoms with Gasteiger partial charge in [-0.15, -0.1) is 0 Å². The molecular weight excluding hydrogens is 202 g/mol. The number of amides is 1. The third kappa shape index (κ3) is 11.3. The molecule has 3 heteroatoms. The number of hydrogen-bond acceptors (Lipinski definition) is 2. The largest absolute Gasteiger partial charge is 0.450 e. The van der Waals surface area contributed by atoms with Crippen LogP contribution in [0.15, 0.2) is 0 Å². The maximum Gasteiger partial charge on any atom is 0.407 e. The van der Waals surface area contributed by atoms with Gasteiger partial charge in [0, 0.05) is 6.54 Å². The second kappa shape index (κ2) is 9.49. The van der Waals surface area contributed by atoms with Crippen molar-refractivity contribution in [2.75, 3.05) is 13.2 Å². The van der Waals surface area contributed by atoms with Crippen LogP contribution in [0.25, 0.3) is 0 Å². The Bertz CT molecular complexity index is 179. The number of alkyl carbamates (subject to hydrolysis) is 1. The zero-order valence-electron chi connectivity index (χ0n) is 11.2. The van der Waals surface area contributed by atoms with Crippen molar-refractivity contribution in [2.24, 2.45) is 11.8 Å². The Labute approximate surface area is 99.9 Å². The van der Waals surface area contributed by atoms with E-state index in [9.17, 15) is 4.79 Å². The van der Waals surface area contributed by atoms with Crippen LogP contribution in [0, 0.1) is 11.8 Å². The van der Waals surface area contributed by atoms with E-state index in [4.69, 9.17) is 4.74 Å². The van der Waals surface area contributed by atoms with E-state index in [1.165, 1.54) is 6.42 Å². The van der Waals surface area contributed by atoms with Crippen LogP contribution < -0.4 is 5.32 Å². The summed E-state index contributed by atoms with van der Waals surface area (Å²) in [6.45, 7) is 9.94. The third-order valence-electron chi connectivity index (χ3n) is 2.40. The van der Waals surface area contributed by atoms with Crippen molar-refractivity contribution in [2.45, 2.75) is 53.4 Å². The normalized spacial score (nSPS) is 10.9. The minimum absolute atomic E-state index is 0.273. The minimum atomic E-state index is -0.273. The SMILES string of the molecule is CC(C)CCCCOC(=O)NCCC(C)C. The van der Waals surface area contributed by atoms with E-state index in [0.29, 0.717) is 19.1 Å². The number of nitrogens with one attached hydrogen (secondary N) is 1. The van der Waals surface area contributed by atoms with E-state index in [0.717, 1.165) is 25.2 Å². The number of carbonyl (C=O) groups is 1. The van der Waals surface area contributed by atoms with Crippen LogP contribution in [-0.4, -0.2) is 19.2 Å². The summed E-state index contributed by atoms with van der Waals surface area (Å²) >= 11 is 0. The van der Waals surface area contributed by atoms with Gasteiger partial charge in [0.1, 0.15) is 0 Å². The number of ether oxygens (including phenoxy) is 1. The molecule has 0 fully saturated rings. The summed E-state index contributed by atoms with van der Waals surface area (Å²) in [5.74, 6) is 1.35. The molecular formula is C13H27NO2. The first-order chi connectivity index (χ1) is 7.52. The lowest BCUT2D eigenvalue weighted by Crippen LogP contribution is -2.26. The predicted octanol–water partition coefficient (Wildman–Crippen LogP) is 3.59. The molecule has 0 aromatic carbocycles. The molecule has 3 nitrogen and oxygen atoms in total. The molecule has 1 amide bonds. The van der Waals surface area contributed by atoms with Crippen molar-refractivity contribution in [3.05, 3.63) is 0 Å². The highest BCUT2D eigenvalue weighted by Gasteiger charge is 2.02. The quantitative estimate of drug-likeness (QED) is 0.646. The molecule has 0 radical (unpaired) electrons. The molecule has 1 N–H and O–H groups in total. The first-order valence-electron chi connectivity index (χ1n) is 6.43. The Hall–Kier alpha value is -0.730. The summed E-state index contributed by atoms with van der Waals surface area (Å²) in [5.41, 5.74) is 0. The highest BCUT2D eigenvalue weighted by atomic mass is 16.5. The van der Waals surface area contributed by atoms with Crippen molar-refractivity contribution in [3.8, 4) is 0 Å². The van der Waals surface area contributed by atoms with Crippen LogP contribution in [0.2, 0.25) is 0 Å². The fourth-order valence-electron chi connectivity index (χ4n) is 1.33. The molecule has 96 valence electrons. The summed E-state index contributed by atoms with van der Waals surface area (Å²) in [7, 11) is 0. The van der Waals surface area contributed by atoms with Gasteiger partial charge in [-0.2, -0.15) is 0 Å². The number of carbonyl (C=O) groups excluding carboxylic acids is 1. The molecule has 16 heavy (non-hydrogen) atoms. The molecule has 0 aliphatic carbocycles. The zero-order chi connectivity index (χ0) is 12.4. The van der Waals surface area contributed by atoms with E-state index in [1.54, 1.807) is 0 Å². The van der Waals surface area contributed by atoms with Gasteiger partial charge in [-0.1, -0.05) is 34.1 Å². The van der Waals surface area contributed by atoms with Gasteiger partial charge in [0.15, 0.2) is 0 Å². The molecule has 0 aromatic heterocycles. The van der Waals surface area contributed by atoms with Gasteiger partial charge < -0.3 is 10.1 Å². The molecule has 0 spiro atoms. The van der Waals surface area contributed by atoms with Crippen LogP contribution in [0.5, 0.6) is 0 Å². The van der Waals surface area contributed by atoms with E-state index < -0.39 is 0 Å². The van der Waals surface area contributed by atoms with E-state index in [2.05, 4.69) is 33.0 Å². The predicted molar refractivity (Wildman–Crippen MR) is 67.5 cm³/mol. The molecule has 0 aliphatic heterocycles. The minimum Gasteiger partial charge on any atom is -0.450 e. The fourth-order valence-corrected chi connectivity index (χ4v) is 1.33. The standard InChI is InChI=1S/C13H27NO2/c1-11(2)7-5-6-10-16-13(15)14-9-8-12(3)4/h11-12H,5-10H2,1-4H3,(H,14,15). The van der Waals surface area contributed by atoms with Gasteiger partial charge in [0.05, 0.1) is 6.61 Å². The van der Waals surface area contributed by atoms with Gasteiger partial charge in [-0.3, -0.25) is 0 Å². The molecule has 0 rings (SSSR count). The van der Waals surface area contributed by atoms with Crippen molar-refractivity contribution in [1.82, 2.24) is 5.32 Å². The lowest BCUT2D eigenvalue weighted by molar-refractivity contribution is 0.143. The molecule has 0 saturated heterocycles. The lowest BCUT2D eigenvalue weighted by Gasteiger charge is -2.08. The summed E-state index contributed by atoms with van der Waals surface area (Å²) in [5, 5.41) is 2.75. The van der Waals surface area contributed by atoms with Crippen molar-refractivity contribution in [1.29, 1.82) is 0 Å². The molecule has 0 aliphatic rings. The second-order valence-electron chi connectivity index (χ2n) is 5.13. The Morgan fingerprint density at radius 3 is 2.25 bits per heavy atom. The lowest BCUT2D eigenvalue weighted by atomic mass is 10.1. The van der Waals surface area contributed by atoms with Crippen molar-refractivity contribution < 1.29 is 9.53 Å². The summed E-state index contributed by atoms with van der Waals surface area (Å²) in [6, 6.07) is 0. The molecule has 0 saturated carbocycles. The molecule has 0 bridgehead atoms. The Balaban J connectivity index is 3.24. The van der Waals surface area contributed by atoms with Crippen molar-refractivity contribution >= 4 is 6.09 Å².